The first-order valence-corrected chi connectivity index (χ1v) is 7.77. The molecular formula is C18H15NO3S. The van der Waals surface area contributed by atoms with E-state index < -0.39 is 10.7 Å². The second-order valence-electron chi connectivity index (χ2n) is 4.83. The van der Waals surface area contributed by atoms with Crippen LogP contribution >= 0.6 is 11.8 Å². The van der Waals surface area contributed by atoms with Gasteiger partial charge in [0, 0.05) is 17.4 Å². The van der Waals surface area contributed by atoms with Crippen LogP contribution in [0.2, 0.25) is 0 Å². The third kappa shape index (κ3) is 4.21. The van der Waals surface area contributed by atoms with Crippen molar-refractivity contribution >= 4 is 23.5 Å². The van der Waals surface area contributed by atoms with E-state index in [4.69, 9.17) is 4.74 Å². The Bertz CT molecular complexity index is 725. The van der Waals surface area contributed by atoms with Crippen molar-refractivity contribution in [1.29, 1.82) is 5.26 Å². The lowest BCUT2D eigenvalue weighted by atomic mass is 9.98. The number of carbonyl (C=O) groups excluding carboxylic acids is 2. The van der Waals surface area contributed by atoms with Crippen LogP contribution in [-0.4, -0.2) is 23.1 Å². The predicted octanol–water partition coefficient (Wildman–Crippen LogP) is 3.49. The number of hydrogen-bond donors (Lipinski definition) is 0. The fourth-order valence-corrected chi connectivity index (χ4v) is 3.03. The van der Waals surface area contributed by atoms with Crippen molar-refractivity contribution in [1.82, 2.24) is 0 Å². The fraction of sp³-hybridized carbons (Fsp3) is 0.167. The molecule has 5 heteroatoms. The van der Waals surface area contributed by atoms with E-state index in [-0.39, 0.29) is 12.4 Å². The minimum atomic E-state index is -1.52. The van der Waals surface area contributed by atoms with E-state index in [0.29, 0.717) is 5.56 Å². The molecule has 23 heavy (non-hydrogen) atoms. The van der Waals surface area contributed by atoms with Crippen molar-refractivity contribution < 1.29 is 14.3 Å². The lowest BCUT2D eigenvalue weighted by molar-refractivity contribution is -0.141. The normalized spacial score (nSPS) is 12.7. The number of thioether (sulfide) groups is 1. The summed E-state index contributed by atoms with van der Waals surface area (Å²) >= 11 is 1.09. The van der Waals surface area contributed by atoms with Gasteiger partial charge in [-0.15, -0.1) is 0 Å². The van der Waals surface area contributed by atoms with Gasteiger partial charge in [0.15, 0.2) is 5.78 Å². The third-order valence-corrected chi connectivity index (χ3v) is 4.35. The second kappa shape index (κ2) is 7.61. The topological polar surface area (TPSA) is 67.2 Å². The van der Waals surface area contributed by atoms with Crippen LogP contribution in [0.4, 0.5) is 0 Å². The highest BCUT2D eigenvalue weighted by Crippen LogP contribution is 2.36. The number of hydrogen-bond acceptors (Lipinski definition) is 5. The third-order valence-electron chi connectivity index (χ3n) is 3.10. The first-order chi connectivity index (χ1) is 11.1. The van der Waals surface area contributed by atoms with E-state index in [1.165, 1.54) is 6.92 Å². The molecule has 0 saturated heterocycles. The van der Waals surface area contributed by atoms with Crippen LogP contribution in [0, 0.1) is 11.3 Å². The van der Waals surface area contributed by atoms with Crippen LogP contribution in [0.25, 0.3) is 0 Å². The number of nitrogens with zero attached hydrogens (tertiary/aromatic N) is 1. The van der Waals surface area contributed by atoms with Crippen molar-refractivity contribution in [3.05, 3.63) is 66.2 Å². The van der Waals surface area contributed by atoms with Crippen LogP contribution in [0.15, 0.2) is 65.6 Å². The number of ketones is 1. The van der Waals surface area contributed by atoms with Crippen molar-refractivity contribution in [2.45, 2.75) is 16.6 Å². The summed E-state index contributed by atoms with van der Waals surface area (Å²) in [6, 6.07) is 19.7. The Morgan fingerprint density at radius 2 is 1.65 bits per heavy atom. The number of rotatable bonds is 6. The molecule has 1 unspecified atom stereocenters. The first-order valence-electron chi connectivity index (χ1n) is 6.96. The summed E-state index contributed by atoms with van der Waals surface area (Å²) in [6.07, 6.45) is 0. The summed E-state index contributed by atoms with van der Waals surface area (Å²) in [6.45, 7) is 0.953. The van der Waals surface area contributed by atoms with Crippen LogP contribution in [-0.2, 0) is 9.53 Å². The molecule has 0 aromatic heterocycles. The summed E-state index contributed by atoms with van der Waals surface area (Å²) in [5, 5.41) is 9.70. The smallest absolute Gasteiger partial charge is 0.302 e. The first kappa shape index (κ1) is 16.8. The van der Waals surface area contributed by atoms with Crippen molar-refractivity contribution in [2.24, 2.45) is 0 Å². The molecule has 0 fully saturated rings. The summed E-state index contributed by atoms with van der Waals surface area (Å²) in [5.41, 5.74) is 0.407. The van der Waals surface area contributed by atoms with Gasteiger partial charge >= 0.3 is 5.97 Å². The van der Waals surface area contributed by atoms with E-state index in [1.54, 1.807) is 30.3 Å². The Balaban J connectivity index is 2.39. The average Bonchev–Trinajstić information content (AvgIpc) is 2.59. The lowest BCUT2D eigenvalue weighted by Crippen LogP contribution is -2.39. The van der Waals surface area contributed by atoms with Crippen molar-refractivity contribution in [3.8, 4) is 6.07 Å². The SMILES string of the molecule is CC(=O)OCC(C#N)(Sc1ccccc1)C(=O)c1ccccc1. The van der Waals surface area contributed by atoms with Crippen molar-refractivity contribution in [2.75, 3.05) is 6.61 Å². The molecular weight excluding hydrogens is 310 g/mol. The lowest BCUT2D eigenvalue weighted by Gasteiger charge is -2.24. The minimum Gasteiger partial charge on any atom is -0.463 e. The molecule has 0 heterocycles. The van der Waals surface area contributed by atoms with Gasteiger partial charge in [-0.25, -0.2) is 0 Å². The Labute approximate surface area is 139 Å². The molecule has 0 N–H and O–H groups in total. The van der Waals surface area contributed by atoms with Gasteiger partial charge in [-0.1, -0.05) is 60.3 Å². The van der Waals surface area contributed by atoms with Crippen LogP contribution in [0.3, 0.4) is 0 Å². The van der Waals surface area contributed by atoms with E-state index in [0.717, 1.165) is 16.7 Å². The van der Waals surface area contributed by atoms with E-state index in [1.807, 2.05) is 30.3 Å². The number of esters is 1. The maximum absolute atomic E-state index is 12.9. The largest absolute Gasteiger partial charge is 0.463 e. The molecule has 2 aromatic carbocycles. The Morgan fingerprint density at radius 3 is 2.17 bits per heavy atom. The zero-order chi connectivity index (χ0) is 16.7. The molecule has 0 aliphatic rings. The quantitative estimate of drug-likeness (QED) is 0.462. The highest BCUT2D eigenvalue weighted by atomic mass is 32.2. The van der Waals surface area contributed by atoms with Gasteiger partial charge in [0.05, 0.1) is 6.07 Å². The molecule has 1 atom stereocenters. The predicted molar refractivity (Wildman–Crippen MR) is 88.0 cm³/mol. The summed E-state index contributed by atoms with van der Waals surface area (Å²) in [5.74, 6) is -0.908. The van der Waals surface area contributed by atoms with Gasteiger partial charge in [0.25, 0.3) is 0 Å². The fourth-order valence-electron chi connectivity index (χ4n) is 1.96. The van der Waals surface area contributed by atoms with E-state index in [9.17, 15) is 14.9 Å². The Morgan fingerprint density at radius 1 is 1.09 bits per heavy atom. The summed E-state index contributed by atoms with van der Waals surface area (Å²) in [4.78, 5) is 24.8. The summed E-state index contributed by atoms with van der Waals surface area (Å²) in [7, 11) is 0. The van der Waals surface area contributed by atoms with Gasteiger partial charge in [-0.2, -0.15) is 5.26 Å². The van der Waals surface area contributed by atoms with Gasteiger partial charge in [-0.05, 0) is 12.1 Å². The summed E-state index contributed by atoms with van der Waals surface area (Å²) < 4.78 is 3.49. The monoisotopic (exact) mass is 325 g/mol. The number of carbonyl (C=O) groups is 2. The maximum atomic E-state index is 12.9. The standard InChI is InChI=1S/C18H15NO3S/c1-14(20)22-13-18(12-19,23-16-10-6-3-7-11-16)17(21)15-8-4-2-5-9-15/h2-11H,13H2,1H3. The minimum absolute atomic E-state index is 0.299. The molecule has 2 rings (SSSR count). The number of ether oxygens (including phenoxy) is 1. The molecule has 0 aliphatic heterocycles. The van der Waals surface area contributed by atoms with Crippen LogP contribution in [0.1, 0.15) is 17.3 Å². The molecule has 0 aliphatic carbocycles. The molecule has 0 amide bonds. The molecule has 2 aromatic rings. The van der Waals surface area contributed by atoms with Crippen LogP contribution < -0.4 is 0 Å². The zero-order valence-electron chi connectivity index (χ0n) is 12.6. The van der Waals surface area contributed by atoms with Gasteiger partial charge < -0.3 is 4.74 Å². The molecule has 0 bridgehead atoms. The highest BCUT2D eigenvalue weighted by Gasteiger charge is 2.42. The van der Waals surface area contributed by atoms with Gasteiger partial charge in [0.2, 0.25) is 4.75 Å². The van der Waals surface area contributed by atoms with E-state index >= 15 is 0 Å². The average molecular weight is 325 g/mol. The number of Topliss-reactive ketones (excluding diaryl/α,β-unsaturated/α-hetero) is 1. The van der Waals surface area contributed by atoms with E-state index in [2.05, 4.69) is 6.07 Å². The number of nitriles is 1. The zero-order valence-corrected chi connectivity index (χ0v) is 13.4. The number of benzene rings is 2. The Hall–Kier alpha value is -2.58. The molecule has 0 radical (unpaired) electrons. The second-order valence-corrected chi connectivity index (χ2v) is 6.20. The highest BCUT2D eigenvalue weighted by molar-refractivity contribution is 8.01. The van der Waals surface area contributed by atoms with Gasteiger partial charge in [-0.3, -0.25) is 9.59 Å². The maximum Gasteiger partial charge on any atom is 0.302 e. The molecule has 116 valence electrons. The molecule has 0 spiro atoms. The molecule has 4 nitrogen and oxygen atoms in total. The van der Waals surface area contributed by atoms with Crippen molar-refractivity contribution in [3.63, 3.8) is 0 Å². The van der Waals surface area contributed by atoms with Gasteiger partial charge in [0.1, 0.15) is 6.61 Å². The Kier molecular flexibility index (Phi) is 5.56. The molecule has 0 saturated carbocycles. The van der Waals surface area contributed by atoms with Crippen LogP contribution in [0.5, 0.6) is 0 Å².